The Morgan fingerprint density at radius 1 is 0.974 bits per heavy atom. The Morgan fingerprint density at radius 3 is 2.28 bits per heavy atom. The van der Waals surface area contributed by atoms with Crippen LogP contribution in [0.3, 0.4) is 0 Å². The lowest BCUT2D eigenvalue weighted by Gasteiger charge is -2.32. The molecule has 7 nitrogen and oxygen atoms in total. The standard InChI is InChI=1S/C29H29F3N4O3/c1-35(2)26(37)18-20-6-3-4-7-24(20)19-9-15-23(16-10-19)36-17-5-8-25(27(36)38)34-28(39)33-22-13-11-21(12-14-22)29(30,31)32/h3-4,6-7,9-16,25H,5,8,17-18H2,1-2H3,(H2,33,34,39). The smallest absolute Gasteiger partial charge is 0.349 e. The molecular weight excluding hydrogens is 509 g/mol. The number of amides is 4. The fraction of sp³-hybridized carbons (Fsp3) is 0.276. The monoisotopic (exact) mass is 538 g/mol. The number of hydrogen-bond acceptors (Lipinski definition) is 3. The lowest BCUT2D eigenvalue weighted by atomic mass is 9.96. The molecule has 1 aliphatic heterocycles. The topological polar surface area (TPSA) is 81.8 Å². The van der Waals surface area contributed by atoms with E-state index in [1.807, 2.05) is 48.5 Å². The first-order valence-corrected chi connectivity index (χ1v) is 12.5. The molecule has 4 amide bonds. The number of benzene rings is 3. The Hall–Kier alpha value is -4.34. The molecule has 0 saturated carbocycles. The Morgan fingerprint density at radius 2 is 1.64 bits per heavy atom. The molecule has 204 valence electrons. The molecule has 0 radical (unpaired) electrons. The van der Waals surface area contributed by atoms with Gasteiger partial charge in [0, 0.05) is 32.0 Å². The third kappa shape index (κ3) is 6.76. The van der Waals surface area contributed by atoms with Crippen LogP contribution in [-0.4, -0.2) is 49.4 Å². The summed E-state index contributed by atoms with van der Waals surface area (Å²) >= 11 is 0. The number of nitrogens with one attached hydrogen (secondary N) is 2. The molecule has 0 aliphatic carbocycles. The maximum absolute atomic E-state index is 13.2. The van der Waals surface area contributed by atoms with E-state index >= 15 is 0 Å². The molecule has 1 atom stereocenters. The van der Waals surface area contributed by atoms with Gasteiger partial charge in [0.1, 0.15) is 6.04 Å². The van der Waals surface area contributed by atoms with Crippen LogP contribution >= 0.6 is 0 Å². The summed E-state index contributed by atoms with van der Waals surface area (Å²) in [6, 6.07) is 17.8. The minimum atomic E-state index is -4.47. The number of urea groups is 1. The molecule has 0 bridgehead atoms. The van der Waals surface area contributed by atoms with E-state index in [4.69, 9.17) is 0 Å². The Labute approximate surface area is 224 Å². The second kappa shape index (κ2) is 11.6. The van der Waals surface area contributed by atoms with E-state index in [0.717, 1.165) is 41.0 Å². The molecule has 1 unspecified atom stereocenters. The van der Waals surface area contributed by atoms with Gasteiger partial charge in [-0.05, 0) is 65.9 Å². The number of rotatable bonds is 6. The summed E-state index contributed by atoms with van der Waals surface area (Å²) in [6.07, 6.45) is -3.09. The van der Waals surface area contributed by atoms with Crippen molar-refractivity contribution in [2.75, 3.05) is 30.9 Å². The van der Waals surface area contributed by atoms with Crippen LogP contribution in [0.2, 0.25) is 0 Å². The summed E-state index contributed by atoms with van der Waals surface area (Å²) < 4.78 is 38.3. The second-order valence-electron chi connectivity index (χ2n) is 9.53. The lowest BCUT2D eigenvalue weighted by molar-refractivity contribution is -0.137. The van der Waals surface area contributed by atoms with Gasteiger partial charge in [-0.1, -0.05) is 36.4 Å². The zero-order chi connectivity index (χ0) is 28.2. The van der Waals surface area contributed by atoms with Crippen molar-refractivity contribution >= 4 is 29.2 Å². The summed E-state index contributed by atoms with van der Waals surface area (Å²) in [7, 11) is 3.44. The number of carbonyl (C=O) groups excluding carboxylic acids is 3. The molecule has 1 heterocycles. The molecule has 1 fully saturated rings. The summed E-state index contributed by atoms with van der Waals surface area (Å²) in [5.74, 6) is -0.271. The quantitative estimate of drug-likeness (QED) is 0.446. The summed E-state index contributed by atoms with van der Waals surface area (Å²) in [5.41, 5.74) is 2.80. The van der Waals surface area contributed by atoms with Gasteiger partial charge in [0.15, 0.2) is 0 Å². The van der Waals surface area contributed by atoms with Crippen molar-refractivity contribution < 1.29 is 27.6 Å². The van der Waals surface area contributed by atoms with Crippen molar-refractivity contribution in [3.63, 3.8) is 0 Å². The highest BCUT2D eigenvalue weighted by Gasteiger charge is 2.32. The van der Waals surface area contributed by atoms with E-state index < -0.39 is 23.8 Å². The fourth-order valence-corrected chi connectivity index (χ4v) is 4.43. The van der Waals surface area contributed by atoms with Gasteiger partial charge in [-0.3, -0.25) is 9.59 Å². The molecule has 1 aliphatic rings. The summed E-state index contributed by atoms with van der Waals surface area (Å²) in [5, 5.41) is 5.11. The van der Waals surface area contributed by atoms with Gasteiger partial charge < -0.3 is 20.4 Å². The van der Waals surface area contributed by atoms with Crippen molar-refractivity contribution in [2.24, 2.45) is 0 Å². The van der Waals surface area contributed by atoms with Crippen molar-refractivity contribution in [2.45, 2.75) is 31.5 Å². The normalized spacial score (nSPS) is 15.6. The van der Waals surface area contributed by atoms with E-state index in [9.17, 15) is 27.6 Å². The molecule has 3 aromatic carbocycles. The van der Waals surface area contributed by atoms with Gasteiger partial charge in [0.05, 0.1) is 12.0 Å². The maximum Gasteiger partial charge on any atom is 0.416 e. The highest BCUT2D eigenvalue weighted by molar-refractivity contribution is 6.01. The van der Waals surface area contributed by atoms with Crippen molar-refractivity contribution in [1.82, 2.24) is 10.2 Å². The molecule has 0 spiro atoms. The predicted octanol–water partition coefficient (Wildman–Crippen LogP) is 5.32. The SMILES string of the molecule is CN(C)C(=O)Cc1ccccc1-c1ccc(N2CCCC(NC(=O)Nc3ccc(C(F)(F)F)cc3)C2=O)cc1. The largest absolute Gasteiger partial charge is 0.416 e. The molecule has 3 aromatic rings. The van der Waals surface area contributed by atoms with Crippen LogP contribution in [0.5, 0.6) is 0 Å². The van der Waals surface area contributed by atoms with Crippen LogP contribution in [0.4, 0.5) is 29.3 Å². The lowest BCUT2D eigenvalue weighted by Crippen LogP contribution is -2.53. The van der Waals surface area contributed by atoms with Gasteiger partial charge >= 0.3 is 12.2 Å². The molecule has 39 heavy (non-hydrogen) atoms. The first-order chi connectivity index (χ1) is 18.5. The third-order valence-corrected chi connectivity index (χ3v) is 6.56. The minimum Gasteiger partial charge on any atom is -0.349 e. The van der Waals surface area contributed by atoms with Gasteiger partial charge in [-0.25, -0.2) is 4.79 Å². The van der Waals surface area contributed by atoms with Crippen molar-refractivity contribution in [3.8, 4) is 11.1 Å². The van der Waals surface area contributed by atoms with E-state index in [1.54, 1.807) is 23.9 Å². The molecule has 10 heteroatoms. The van der Waals surface area contributed by atoms with E-state index in [0.29, 0.717) is 25.1 Å². The highest BCUT2D eigenvalue weighted by atomic mass is 19.4. The number of anilines is 2. The number of halogens is 3. The van der Waals surface area contributed by atoms with Crippen LogP contribution in [0, 0.1) is 0 Å². The average Bonchev–Trinajstić information content (AvgIpc) is 2.90. The molecule has 2 N–H and O–H groups in total. The molecule has 4 rings (SSSR count). The van der Waals surface area contributed by atoms with Gasteiger partial charge in [-0.15, -0.1) is 0 Å². The van der Waals surface area contributed by atoms with E-state index in [1.165, 1.54) is 0 Å². The predicted molar refractivity (Wildman–Crippen MR) is 143 cm³/mol. The Bertz CT molecular complexity index is 1340. The van der Waals surface area contributed by atoms with E-state index in [-0.39, 0.29) is 23.9 Å². The zero-order valence-electron chi connectivity index (χ0n) is 21.6. The number of nitrogens with zero attached hydrogens (tertiary/aromatic N) is 2. The summed E-state index contributed by atoms with van der Waals surface area (Å²) in [4.78, 5) is 41.1. The van der Waals surface area contributed by atoms with Crippen LogP contribution in [0.1, 0.15) is 24.0 Å². The first-order valence-electron chi connectivity index (χ1n) is 12.5. The van der Waals surface area contributed by atoms with Crippen molar-refractivity contribution in [1.29, 1.82) is 0 Å². The maximum atomic E-state index is 13.2. The Kier molecular flexibility index (Phi) is 8.23. The minimum absolute atomic E-state index is 0.00103. The zero-order valence-corrected chi connectivity index (χ0v) is 21.6. The Balaban J connectivity index is 1.41. The van der Waals surface area contributed by atoms with Gasteiger partial charge in [0.25, 0.3) is 0 Å². The van der Waals surface area contributed by atoms with Crippen LogP contribution in [-0.2, 0) is 22.2 Å². The third-order valence-electron chi connectivity index (χ3n) is 6.56. The number of piperidine rings is 1. The molecule has 1 saturated heterocycles. The number of hydrogen-bond donors (Lipinski definition) is 2. The number of likely N-dealkylation sites (N-methyl/N-ethyl adjacent to an activating group) is 1. The van der Waals surface area contributed by atoms with Crippen molar-refractivity contribution in [3.05, 3.63) is 83.9 Å². The van der Waals surface area contributed by atoms with Crippen LogP contribution in [0.15, 0.2) is 72.8 Å². The average molecular weight is 539 g/mol. The molecular formula is C29H29F3N4O3. The number of alkyl halides is 3. The van der Waals surface area contributed by atoms with E-state index in [2.05, 4.69) is 10.6 Å². The highest BCUT2D eigenvalue weighted by Crippen LogP contribution is 2.30. The van der Waals surface area contributed by atoms with Crippen LogP contribution in [0.25, 0.3) is 11.1 Å². The molecule has 0 aromatic heterocycles. The van der Waals surface area contributed by atoms with Gasteiger partial charge in [-0.2, -0.15) is 13.2 Å². The fourth-order valence-electron chi connectivity index (χ4n) is 4.43. The van der Waals surface area contributed by atoms with Gasteiger partial charge in [0.2, 0.25) is 11.8 Å². The second-order valence-corrected chi connectivity index (χ2v) is 9.53. The number of carbonyl (C=O) groups is 3. The van der Waals surface area contributed by atoms with Crippen LogP contribution < -0.4 is 15.5 Å². The summed E-state index contributed by atoms with van der Waals surface area (Å²) in [6.45, 7) is 0.491. The first kappa shape index (κ1) is 27.7.